The van der Waals surface area contributed by atoms with Crippen molar-refractivity contribution in [1.29, 1.82) is 10.5 Å². The smallest absolute Gasteiger partial charge is 0.316 e. The van der Waals surface area contributed by atoms with Crippen molar-refractivity contribution in [3.8, 4) is 12.1 Å². The van der Waals surface area contributed by atoms with Crippen molar-refractivity contribution < 1.29 is 14.3 Å². The number of nitrogens with one attached hydrogen (secondary N) is 1. The topological polar surface area (TPSA) is 103 Å². The predicted molar refractivity (Wildman–Crippen MR) is 93.2 cm³/mol. The number of thioether (sulfide) groups is 1. The average Bonchev–Trinajstić information content (AvgIpc) is 2.60. The standard InChI is InChI=1S/C17H14ClN3O3S/c1-2-24-14(22)9-25-17-12(8-20)15(11(7-19)16(23)21-17)10-5-3-4-6-13(10)18/h3-6,11,15H,2,9H2,1H3,(H,21,23). The lowest BCUT2D eigenvalue weighted by atomic mass is 9.79. The fourth-order valence-electron chi connectivity index (χ4n) is 2.48. The Balaban J connectivity index is 2.45. The van der Waals surface area contributed by atoms with E-state index in [-0.39, 0.29) is 23.0 Å². The first-order chi connectivity index (χ1) is 12.0. The van der Waals surface area contributed by atoms with Gasteiger partial charge in [0.15, 0.2) is 0 Å². The van der Waals surface area contributed by atoms with E-state index in [9.17, 15) is 20.1 Å². The molecule has 1 heterocycles. The van der Waals surface area contributed by atoms with E-state index in [1.165, 1.54) is 0 Å². The number of rotatable bonds is 5. The SMILES string of the molecule is CCOC(=O)CSC1=C(C#N)C(c2ccccc2Cl)C(C#N)C(=O)N1. The molecular weight excluding hydrogens is 362 g/mol. The zero-order valence-electron chi connectivity index (χ0n) is 13.3. The molecule has 0 aliphatic carbocycles. The van der Waals surface area contributed by atoms with Crippen molar-refractivity contribution >= 4 is 35.2 Å². The minimum absolute atomic E-state index is 0.0545. The third-order valence-corrected chi connectivity index (χ3v) is 4.88. The largest absolute Gasteiger partial charge is 0.465 e. The van der Waals surface area contributed by atoms with E-state index in [0.29, 0.717) is 10.6 Å². The van der Waals surface area contributed by atoms with Crippen LogP contribution in [0.1, 0.15) is 18.4 Å². The number of carbonyl (C=O) groups is 2. The van der Waals surface area contributed by atoms with E-state index in [4.69, 9.17) is 16.3 Å². The second-order valence-corrected chi connectivity index (χ2v) is 6.44. The molecule has 1 N–H and O–H groups in total. The van der Waals surface area contributed by atoms with Gasteiger partial charge < -0.3 is 10.1 Å². The van der Waals surface area contributed by atoms with Crippen molar-refractivity contribution in [3.63, 3.8) is 0 Å². The molecule has 1 aromatic rings. The minimum Gasteiger partial charge on any atom is -0.465 e. The number of nitrogens with zero attached hydrogens (tertiary/aromatic N) is 2. The van der Waals surface area contributed by atoms with E-state index >= 15 is 0 Å². The number of amides is 1. The van der Waals surface area contributed by atoms with Crippen LogP contribution < -0.4 is 5.32 Å². The molecule has 1 amide bonds. The van der Waals surface area contributed by atoms with Crippen LogP contribution >= 0.6 is 23.4 Å². The van der Waals surface area contributed by atoms with Gasteiger partial charge in [0.2, 0.25) is 5.91 Å². The molecule has 0 saturated carbocycles. The number of halogens is 1. The van der Waals surface area contributed by atoms with Crippen molar-refractivity contribution in [2.24, 2.45) is 5.92 Å². The van der Waals surface area contributed by atoms with Crippen molar-refractivity contribution in [2.75, 3.05) is 12.4 Å². The van der Waals surface area contributed by atoms with Gasteiger partial charge in [-0.1, -0.05) is 41.6 Å². The average molecular weight is 376 g/mol. The minimum atomic E-state index is -1.08. The molecule has 0 fully saturated rings. The van der Waals surface area contributed by atoms with Crippen LogP contribution in [0, 0.1) is 28.6 Å². The van der Waals surface area contributed by atoms with Gasteiger partial charge >= 0.3 is 5.97 Å². The van der Waals surface area contributed by atoms with Crippen LogP contribution in [-0.4, -0.2) is 24.2 Å². The molecule has 0 aromatic heterocycles. The summed E-state index contributed by atoms with van der Waals surface area (Å²) in [5.74, 6) is -2.91. The molecule has 1 aliphatic heterocycles. The van der Waals surface area contributed by atoms with Gasteiger partial charge in [-0.15, -0.1) is 0 Å². The lowest BCUT2D eigenvalue weighted by Gasteiger charge is -2.29. The fraction of sp³-hybridized carbons (Fsp3) is 0.294. The number of esters is 1. The van der Waals surface area contributed by atoms with Crippen LogP contribution in [0.2, 0.25) is 5.02 Å². The Morgan fingerprint density at radius 2 is 2.12 bits per heavy atom. The van der Waals surface area contributed by atoms with Crippen LogP contribution in [0.25, 0.3) is 0 Å². The summed E-state index contributed by atoms with van der Waals surface area (Å²) in [6.45, 7) is 1.94. The number of hydrogen-bond acceptors (Lipinski definition) is 6. The summed E-state index contributed by atoms with van der Waals surface area (Å²) in [5, 5.41) is 22.2. The maximum absolute atomic E-state index is 12.3. The quantitative estimate of drug-likeness (QED) is 0.793. The second-order valence-electron chi connectivity index (χ2n) is 5.04. The summed E-state index contributed by atoms with van der Waals surface area (Å²) in [6.07, 6.45) is 0. The second kappa shape index (κ2) is 8.57. The van der Waals surface area contributed by atoms with Gasteiger partial charge in [-0.3, -0.25) is 9.59 Å². The van der Waals surface area contributed by atoms with Gasteiger partial charge in [-0.2, -0.15) is 10.5 Å². The van der Waals surface area contributed by atoms with Gasteiger partial charge in [0, 0.05) is 10.9 Å². The number of nitriles is 2. The van der Waals surface area contributed by atoms with Crippen LogP contribution in [-0.2, 0) is 14.3 Å². The van der Waals surface area contributed by atoms with Crippen LogP contribution in [0.3, 0.4) is 0 Å². The van der Waals surface area contributed by atoms with Crippen molar-refractivity contribution in [2.45, 2.75) is 12.8 Å². The molecule has 0 bridgehead atoms. The highest BCUT2D eigenvalue weighted by atomic mass is 35.5. The molecule has 2 atom stereocenters. The van der Waals surface area contributed by atoms with Crippen molar-refractivity contribution in [3.05, 3.63) is 45.5 Å². The number of ether oxygens (including phenoxy) is 1. The Labute approximate surface area is 154 Å². The Morgan fingerprint density at radius 1 is 1.40 bits per heavy atom. The summed E-state index contributed by atoms with van der Waals surface area (Å²) >= 11 is 7.21. The number of benzene rings is 1. The molecule has 25 heavy (non-hydrogen) atoms. The first kappa shape index (κ1) is 18.9. The fourth-order valence-corrected chi connectivity index (χ4v) is 3.58. The zero-order chi connectivity index (χ0) is 18.4. The highest BCUT2D eigenvalue weighted by Gasteiger charge is 2.40. The Kier molecular flexibility index (Phi) is 6.46. The maximum atomic E-state index is 12.3. The van der Waals surface area contributed by atoms with Crippen LogP contribution in [0.4, 0.5) is 0 Å². The van der Waals surface area contributed by atoms with E-state index in [1.807, 2.05) is 6.07 Å². The number of allylic oxidation sites excluding steroid dienone is 1. The molecule has 8 heteroatoms. The molecule has 2 unspecified atom stereocenters. The summed E-state index contributed by atoms with van der Waals surface area (Å²) in [5.41, 5.74) is 0.727. The number of carbonyl (C=O) groups excluding carboxylic acids is 2. The molecule has 0 radical (unpaired) electrons. The molecule has 0 saturated heterocycles. The highest BCUT2D eigenvalue weighted by Crippen LogP contribution is 2.41. The normalized spacial score (nSPS) is 19.6. The Bertz CT molecular complexity index is 810. The first-order valence-corrected chi connectivity index (χ1v) is 8.77. The van der Waals surface area contributed by atoms with E-state index < -0.39 is 23.7 Å². The van der Waals surface area contributed by atoms with Gasteiger partial charge in [0.05, 0.1) is 35.1 Å². The monoisotopic (exact) mass is 375 g/mol. The van der Waals surface area contributed by atoms with Gasteiger partial charge in [0.1, 0.15) is 5.92 Å². The van der Waals surface area contributed by atoms with E-state index in [1.54, 1.807) is 31.2 Å². The highest BCUT2D eigenvalue weighted by molar-refractivity contribution is 8.03. The zero-order valence-corrected chi connectivity index (χ0v) is 14.9. The maximum Gasteiger partial charge on any atom is 0.316 e. The Hall–Kier alpha value is -2.48. The third kappa shape index (κ3) is 4.14. The molecule has 1 aliphatic rings. The molecule has 6 nitrogen and oxygen atoms in total. The van der Waals surface area contributed by atoms with E-state index in [0.717, 1.165) is 11.8 Å². The molecular formula is C17H14ClN3O3S. The van der Waals surface area contributed by atoms with Crippen LogP contribution in [0.5, 0.6) is 0 Å². The lowest BCUT2D eigenvalue weighted by Crippen LogP contribution is -2.39. The first-order valence-electron chi connectivity index (χ1n) is 7.41. The summed E-state index contributed by atoms with van der Waals surface area (Å²) in [6, 6.07) is 10.8. The summed E-state index contributed by atoms with van der Waals surface area (Å²) in [4.78, 5) is 23.9. The molecule has 0 spiro atoms. The van der Waals surface area contributed by atoms with Gasteiger partial charge in [0.25, 0.3) is 0 Å². The molecule has 2 rings (SSSR count). The van der Waals surface area contributed by atoms with Crippen LogP contribution in [0.15, 0.2) is 34.9 Å². The molecule has 1 aromatic carbocycles. The summed E-state index contributed by atoms with van der Waals surface area (Å²) < 4.78 is 4.85. The van der Waals surface area contributed by atoms with Gasteiger partial charge in [-0.05, 0) is 18.6 Å². The predicted octanol–water partition coefficient (Wildman–Crippen LogP) is 2.72. The third-order valence-electron chi connectivity index (χ3n) is 3.55. The lowest BCUT2D eigenvalue weighted by molar-refractivity contribution is -0.139. The van der Waals surface area contributed by atoms with E-state index in [2.05, 4.69) is 11.4 Å². The summed E-state index contributed by atoms with van der Waals surface area (Å²) in [7, 11) is 0. The Morgan fingerprint density at radius 3 is 2.72 bits per heavy atom. The molecule has 128 valence electrons. The van der Waals surface area contributed by atoms with Crippen molar-refractivity contribution in [1.82, 2.24) is 5.32 Å². The van der Waals surface area contributed by atoms with Gasteiger partial charge in [-0.25, -0.2) is 0 Å². The number of hydrogen-bond donors (Lipinski definition) is 1.